The molecule has 0 aromatic carbocycles. The maximum absolute atomic E-state index is 13.0. The van der Waals surface area contributed by atoms with E-state index in [9.17, 15) is 14.4 Å². The Bertz CT molecular complexity index is 869. The molecule has 232 valence electrons. The fourth-order valence-corrected chi connectivity index (χ4v) is 5.06. The summed E-state index contributed by atoms with van der Waals surface area (Å²) in [5.74, 6) is 0.369. The minimum atomic E-state index is -0.339. The van der Waals surface area contributed by atoms with E-state index in [1.54, 1.807) is 30.6 Å². The summed E-state index contributed by atoms with van der Waals surface area (Å²) < 4.78 is 0. The maximum atomic E-state index is 13.0. The number of primary amides is 1. The van der Waals surface area contributed by atoms with Gasteiger partial charge in [0.15, 0.2) is 0 Å². The summed E-state index contributed by atoms with van der Waals surface area (Å²) in [7, 11) is 0. The summed E-state index contributed by atoms with van der Waals surface area (Å²) in [5.41, 5.74) is 6.06. The van der Waals surface area contributed by atoms with Crippen LogP contribution in [0.25, 0.3) is 0 Å². The van der Waals surface area contributed by atoms with Crippen molar-refractivity contribution in [3.63, 3.8) is 0 Å². The van der Waals surface area contributed by atoms with Gasteiger partial charge in [-0.3, -0.25) is 19.4 Å². The van der Waals surface area contributed by atoms with Gasteiger partial charge in [-0.05, 0) is 69.0 Å². The molecule has 1 saturated carbocycles. The van der Waals surface area contributed by atoms with Crippen LogP contribution in [-0.2, 0) is 9.59 Å². The highest BCUT2D eigenvalue weighted by atomic mass is 16.2. The van der Waals surface area contributed by atoms with E-state index in [4.69, 9.17) is 5.73 Å². The van der Waals surface area contributed by atoms with Crippen LogP contribution in [0.3, 0.4) is 0 Å². The average molecular weight is 572 g/mol. The van der Waals surface area contributed by atoms with E-state index in [0.29, 0.717) is 37.4 Å². The highest BCUT2D eigenvalue weighted by Crippen LogP contribution is 2.27. The van der Waals surface area contributed by atoms with Gasteiger partial charge in [-0.2, -0.15) is 0 Å². The Morgan fingerprint density at radius 3 is 2.41 bits per heavy atom. The van der Waals surface area contributed by atoms with Crippen molar-refractivity contribution in [2.45, 2.75) is 111 Å². The normalized spacial score (nSPS) is 15.1. The summed E-state index contributed by atoms with van der Waals surface area (Å²) in [6.07, 6.45) is 20.1. The first-order chi connectivity index (χ1) is 19.8. The number of amides is 3. The van der Waals surface area contributed by atoms with Crippen LogP contribution < -0.4 is 21.7 Å². The Morgan fingerprint density at radius 2 is 1.78 bits per heavy atom. The van der Waals surface area contributed by atoms with E-state index in [1.807, 2.05) is 6.08 Å². The molecule has 3 amide bonds. The number of hydrogen-bond acceptors (Lipinski definition) is 5. The van der Waals surface area contributed by atoms with E-state index in [1.165, 1.54) is 44.9 Å². The van der Waals surface area contributed by atoms with Crippen LogP contribution >= 0.6 is 0 Å². The number of unbranched alkanes of at least 4 members (excludes halogenated alkanes) is 1. The summed E-state index contributed by atoms with van der Waals surface area (Å²) in [5, 5.41) is 9.38. The Morgan fingerprint density at radius 1 is 1.05 bits per heavy atom. The summed E-state index contributed by atoms with van der Waals surface area (Å²) in [6.45, 7) is 10.1. The highest BCUT2D eigenvalue weighted by molar-refractivity contribution is 5.93. The molecule has 2 atom stereocenters. The van der Waals surface area contributed by atoms with Gasteiger partial charge in [0.25, 0.3) is 5.91 Å². The van der Waals surface area contributed by atoms with Crippen molar-refractivity contribution >= 4 is 17.7 Å². The Balaban J connectivity index is 0.00000268. The topological polar surface area (TPSA) is 126 Å². The molecule has 0 radical (unpaired) electrons. The number of hydrogen-bond donors (Lipinski definition) is 4. The van der Waals surface area contributed by atoms with Crippen molar-refractivity contribution in [3.8, 4) is 0 Å². The van der Waals surface area contributed by atoms with E-state index in [2.05, 4.69) is 48.6 Å². The van der Waals surface area contributed by atoms with E-state index in [0.717, 1.165) is 31.7 Å². The number of pyridine rings is 1. The summed E-state index contributed by atoms with van der Waals surface area (Å²) in [4.78, 5) is 40.8. The van der Waals surface area contributed by atoms with Gasteiger partial charge in [-0.1, -0.05) is 78.4 Å². The SMILES string of the molecule is CC(C)C[C@H](/C=C/CNC(=O)[C@H](CCCCNC(=O)c1cccnc1)NCCCC1CCCCC1)C(N)=O.CCC. The molecular formula is C33H57N5O3. The molecule has 1 fully saturated rings. The van der Waals surface area contributed by atoms with Crippen molar-refractivity contribution in [2.75, 3.05) is 19.6 Å². The Labute approximate surface area is 249 Å². The van der Waals surface area contributed by atoms with Crippen LogP contribution in [-0.4, -0.2) is 48.4 Å². The lowest BCUT2D eigenvalue weighted by Crippen LogP contribution is -2.44. The van der Waals surface area contributed by atoms with Crippen LogP contribution in [0.1, 0.15) is 115 Å². The molecule has 1 aromatic rings. The molecule has 0 unspecified atom stereocenters. The van der Waals surface area contributed by atoms with E-state index in [-0.39, 0.29) is 29.7 Å². The zero-order valence-electron chi connectivity index (χ0n) is 26.1. The fourth-order valence-electron chi connectivity index (χ4n) is 5.06. The third kappa shape index (κ3) is 17.6. The minimum absolute atomic E-state index is 0.0359. The van der Waals surface area contributed by atoms with Gasteiger partial charge in [0.05, 0.1) is 17.5 Å². The summed E-state index contributed by atoms with van der Waals surface area (Å²) in [6, 6.07) is 3.19. The second-order valence-corrected chi connectivity index (χ2v) is 11.7. The van der Waals surface area contributed by atoms with Crippen LogP contribution in [0.5, 0.6) is 0 Å². The molecule has 5 N–H and O–H groups in total. The summed E-state index contributed by atoms with van der Waals surface area (Å²) >= 11 is 0. The molecule has 1 aromatic heterocycles. The monoisotopic (exact) mass is 571 g/mol. The molecule has 8 heteroatoms. The molecule has 0 aliphatic heterocycles. The van der Waals surface area contributed by atoms with Gasteiger partial charge in [0.2, 0.25) is 11.8 Å². The highest BCUT2D eigenvalue weighted by Gasteiger charge is 2.18. The Hall–Kier alpha value is -2.74. The predicted molar refractivity (Wildman–Crippen MR) is 168 cm³/mol. The lowest BCUT2D eigenvalue weighted by atomic mass is 9.86. The second-order valence-electron chi connectivity index (χ2n) is 11.7. The van der Waals surface area contributed by atoms with Crippen molar-refractivity contribution in [2.24, 2.45) is 23.5 Å². The zero-order chi connectivity index (χ0) is 30.3. The molecule has 1 aliphatic carbocycles. The van der Waals surface area contributed by atoms with Crippen molar-refractivity contribution in [1.29, 1.82) is 0 Å². The fraction of sp³-hybridized carbons (Fsp3) is 0.697. The largest absolute Gasteiger partial charge is 0.369 e. The molecule has 0 saturated heterocycles. The van der Waals surface area contributed by atoms with Crippen molar-refractivity contribution in [3.05, 3.63) is 42.2 Å². The van der Waals surface area contributed by atoms with E-state index >= 15 is 0 Å². The molecule has 1 heterocycles. The van der Waals surface area contributed by atoms with Crippen LogP contribution in [0, 0.1) is 17.8 Å². The predicted octanol–water partition coefficient (Wildman–Crippen LogP) is 5.54. The first-order valence-corrected chi connectivity index (χ1v) is 15.9. The number of rotatable bonds is 18. The number of carbonyl (C=O) groups is 3. The molecule has 0 spiro atoms. The maximum Gasteiger partial charge on any atom is 0.252 e. The standard InChI is InChI=1S/C30H49N5O3.C3H8/c1-23(2)21-25(28(31)36)14-10-20-35-30(38)27(33-19-8-13-24-11-4-3-5-12-24)16-6-7-18-34-29(37)26-15-9-17-32-22-26;1-3-2/h9-10,14-15,17,22-25,27,33H,3-8,11-13,16,18-21H2,1-2H3,(H2,31,36)(H,34,37)(H,35,38);3H2,1-2H3/b14-10+;/t25-,27-;/m0./s1. The number of nitrogens with zero attached hydrogens (tertiary/aromatic N) is 1. The number of nitrogens with two attached hydrogens (primary N) is 1. The van der Waals surface area contributed by atoms with Gasteiger partial charge >= 0.3 is 0 Å². The lowest BCUT2D eigenvalue weighted by Gasteiger charge is -2.22. The molecule has 41 heavy (non-hydrogen) atoms. The zero-order valence-corrected chi connectivity index (χ0v) is 26.1. The number of carbonyl (C=O) groups excluding carboxylic acids is 3. The molecule has 8 nitrogen and oxygen atoms in total. The van der Waals surface area contributed by atoms with Crippen molar-refractivity contribution in [1.82, 2.24) is 20.9 Å². The van der Waals surface area contributed by atoms with Gasteiger partial charge in [0.1, 0.15) is 0 Å². The van der Waals surface area contributed by atoms with Crippen LogP contribution in [0.15, 0.2) is 36.7 Å². The number of nitrogens with one attached hydrogen (secondary N) is 3. The lowest BCUT2D eigenvalue weighted by molar-refractivity contribution is -0.123. The third-order valence-corrected chi connectivity index (χ3v) is 7.20. The molecular weight excluding hydrogens is 514 g/mol. The molecule has 0 bridgehead atoms. The Kier molecular flexibility index (Phi) is 20.3. The molecule has 1 aliphatic rings. The third-order valence-electron chi connectivity index (χ3n) is 7.20. The molecule has 2 rings (SSSR count). The number of aromatic nitrogens is 1. The van der Waals surface area contributed by atoms with Crippen molar-refractivity contribution < 1.29 is 14.4 Å². The smallest absolute Gasteiger partial charge is 0.252 e. The second kappa shape index (κ2) is 22.9. The van der Waals surface area contributed by atoms with Gasteiger partial charge in [-0.25, -0.2) is 0 Å². The van der Waals surface area contributed by atoms with E-state index < -0.39 is 0 Å². The quantitative estimate of drug-likeness (QED) is 0.136. The first-order valence-electron chi connectivity index (χ1n) is 15.9. The van der Waals surface area contributed by atoms with Gasteiger partial charge < -0.3 is 21.7 Å². The minimum Gasteiger partial charge on any atom is -0.369 e. The van der Waals surface area contributed by atoms with Crippen LogP contribution in [0.2, 0.25) is 0 Å². The van der Waals surface area contributed by atoms with Crippen LogP contribution in [0.4, 0.5) is 0 Å². The average Bonchev–Trinajstić information content (AvgIpc) is 2.96. The first kappa shape index (κ1) is 36.3. The van der Waals surface area contributed by atoms with Gasteiger partial charge in [0, 0.05) is 25.5 Å². The van der Waals surface area contributed by atoms with Gasteiger partial charge in [-0.15, -0.1) is 0 Å².